The largest absolute Gasteiger partial charge is 0.493 e. The minimum atomic E-state index is -3.85. The zero-order chi connectivity index (χ0) is 14.6. The number of hydrogen-bond acceptors (Lipinski definition) is 4. The van der Waals surface area contributed by atoms with Crippen molar-refractivity contribution in [3.8, 4) is 5.75 Å². The van der Waals surface area contributed by atoms with Gasteiger partial charge in [0.05, 0.1) is 17.1 Å². The van der Waals surface area contributed by atoms with Gasteiger partial charge in [0.15, 0.2) is 0 Å². The molecule has 6 nitrogen and oxygen atoms in total. The van der Waals surface area contributed by atoms with Gasteiger partial charge in [0.25, 0.3) is 5.91 Å². The molecule has 1 aromatic carbocycles. The van der Waals surface area contributed by atoms with Crippen LogP contribution in [0.5, 0.6) is 5.75 Å². The number of hydrogen-bond donors (Lipinski definition) is 1. The van der Waals surface area contributed by atoms with E-state index in [1.807, 2.05) is 6.92 Å². The SMILES string of the molecule is CCOc1ccc(S(N)(=O)=O)cc1C(=O)N(C)CC. The fourth-order valence-corrected chi connectivity index (χ4v) is 2.02. The maximum Gasteiger partial charge on any atom is 0.257 e. The van der Waals surface area contributed by atoms with Gasteiger partial charge >= 0.3 is 0 Å². The van der Waals surface area contributed by atoms with Crippen LogP contribution in [0.25, 0.3) is 0 Å². The Labute approximate surface area is 113 Å². The molecule has 0 unspecified atom stereocenters. The maximum absolute atomic E-state index is 12.2. The Morgan fingerprint density at radius 3 is 2.47 bits per heavy atom. The summed E-state index contributed by atoms with van der Waals surface area (Å²) in [6.45, 7) is 4.49. The van der Waals surface area contributed by atoms with Crippen LogP contribution in [0.2, 0.25) is 0 Å². The van der Waals surface area contributed by atoms with Gasteiger partial charge in [-0.25, -0.2) is 13.6 Å². The number of carbonyl (C=O) groups is 1. The highest BCUT2D eigenvalue weighted by Crippen LogP contribution is 2.23. The maximum atomic E-state index is 12.2. The van der Waals surface area contributed by atoms with Gasteiger partial charge in [0, 0.05) is 13.6 Å². The number of amides is 1. The Morgan fingerprint density at radius 1 is 1.37 bits per heavy atom. The predicted octanol–water partition coefficient (Wildman–Crippen LogP) is 0.825. The van der Waals surface area contributed by atoms with Crippen molar-refractivity contribution >= 4 is 15.9 Å². The lowest BCUT2D eigenvalue weighted by Crippen LogP contribution is -2.27. The van der Waals surface area contributed by atoms with Crippen molar-refractivity contribution in [1.29, 1.82) is 0 Å². The molecule has 0 heterocycles. The molecule has 1 aromatic rings. The molecular formula is C12H18N2O4S. The molecule has 0 aromatic heterocycles. The standard InChI is InChI=1S/C12H18N2O4S/c1-4-14(3)12(15)10-8-9(19(13,16)17)6-7-11(10)18-5-2/h6-8H,4-5H2,1-3H3,(H2,13,16,17). The fraction of sp³-hybridized carbons (Fsp3) is 0.417. The molecule has 0 atom stereocenters. The van der Waals surface area contributed by atoms with Crippen molar-refractivity contribution in [2.45, 2.75) is 18.7 Å². The lowest BCUT2D eigenvalue weighted by molar-refractivity contribution is 0.0798. The van der Waals surface area contributed by atoms with Gasteiger partial charge in [0.1, 0.15) is 5.75 Å². The average Bonchev–Trinajstić information content (AvgIpc) is 2.36. The fourth-order valence-electron chi connectivity index (χ4n) is 1.48. The minimum absolute atomic E-state index is 0.108. The minimum Gasteiger partial charge on any atom is -0.493 e. The molecule has 0 spiro atoms. The Morgan fingerprint density at radius 2 is 2.00 bits per heavy atom. The molecule has 19 heavy (non-hydrogen) atoms. The summed E-state index contributed by atoms with van der Waals surface area (Å²) in [5.74, 6) is 0.0386. The molecule has 0 aliphatic rings. The molecule has 0 radical (unpaired) electrons. The first-order chi connectivity index (χ1) is 8.81. The Kier molecular flexibility index (Phi) is 4.90. The van der Waals surface area contributed by atoms with E-state index >= 15 is 0 Å². The Bertz CT molecular complexity index is 569. The number of carbonyl (C=O) groups excluding carboxylic acids is 1. The van der Waals surface area contributed by atoms with E-state index in [0.29, 0.717) is 18.9 Å². The van der Waals surface area contributed by atoms with E-state index in [1.54, 1.807) is 14.0 Å². The van der Waals surface area contributed by atoms with E-state index in [-0.39, 0.29) is 16.4 Å². The smallest absolute Gasteiger partial charge is 0.257 e. The van der Waals surface area contributed by atoms with Gasteiger partial charge in [-0.15, -0.1) is 0 Å². The van der Waals surface area contributed by atoms with E-state index in [9.17, 15) is 13.2 Å². The third-order valence-corrected chi connectivity index (χ3v) is 3.54. The van der Waals surface area contributed by atoms with Crippen LogP contribution in [0.1, 0.15) is 24.2 Å². The highest BCUT2D eigenvalue weighted by Gasteiger charge is 2.19. The number of primary sulfonamides is 1. The molecule has 0 aliphatic carbocycles. The van der Waals surface area contributed by atoms with Crippen molar-refractivity contribution in [3.05, 3.63) is 23.8 Å². The second kappa shape index (κ2) is 6.03. The van der Waals surface area contributed by atoms with Crippen molar-refractivity contribution < 1.29 is 17.9 Å². The quantitative estimate of drug-likeness (QED) is 0.868. The third-order valence-electron chi connectivity index (χ3n) is 2.63. The number of nitrogens with two attached hydrogens (primary N) is 1. The van der Waals surface area contributed by atoms with Crippen LogP contribution >= 0.6 is 0 Å². The topological polar surface area (TPSA) is 89.7 Å². The van der Waals surface area contributed by atoms with E-state index in [2.05, 4.69) is 0 Å². The molecule has 1 amide bonds. The number of nitrogens with zero attached hydrogens (tertiary/aromatic N) is 1. The van der Waals surface area contributed by atoms with Gasteiger partial charge in [0.2, 0.25) is 10.0 Å². The van der Waals surface area contributed by atoms with E-state index in [4.69, 9.17) is 9.88 Å². The molecule has 0 saturated heterocycles. The summed E-state index contributed by atoms with van der Waals surface area (Å²) < 4.78 is 28.0. The van der Waals surface area contributed by atoms with Gasteiger partial charge in [-0.2, -0.15) is 0 Å². The molecule has 106 valence electrons. The van der Waals surface area contributed by atoms with E-state index < -0.39 is 10.0 Å². The van der Waals surface area contributed by atoms with Crippen molar-refractivity contribution in [2.75, 3.05) is 20.2 Å². The molecule has 2 N–H and O–H groups in total. The van der Waals surface area contributed by atoms with Gasteiger partial charge in [-0.3, -0.25) is 4.79 Å². The zero-order valence-electron chi connectivity index (χ0n) is 11.2. The summed E-state index contributed by atoms with van der Waals surface area (Å²) in [5.41, 5.74) is 0.192. The first-order valence-electron chi connectivity index (χ1n) is 5.86. The second-order valence-electron chi connectivity index (χ2n) is 3.96. The van der Waals surface area contributed by atoms with E-state index in [0.717, 1.165) is 0 Å². The molecule has 1 rings (SSSR count). The Balaban J connectivity index is 3.35. The summed E-state index contributed by atoms with van der Waals surface area (Å²) in [4.78, 5) is 13.5. The molecule has 0 bridgehead atoms. The summed E-state index contributed by atoms with van der Waals surface area (Å²) in [7, 11) is -2.22. The average molecular weight is 286 g/mol. The molecule has 7 heteroatoms. The van der Waals surface area contributed by atoms with Crippen molar-refractivity contribution in [1.82, 2.24) is 4.90 Å². The zero-order valence-corrected chi connectivity index (χ0v) is 12.0. The van der Waals surface area contributed by atoms with Crippen LogP contribution in [0, 0.1) is 0 Å². The van der Waals surface area contributed by atoms with Crippen LogP contribution in [0.4, 0.5) is 0 Å². The number of sulfonamides is 1. The van der Waals surface area contributed by atoms with Crippen LogP contribution < -0.4 is 9.88 Å². The molecule has 0 aliphatic heterocycles. The second-order valence-corrected chi connectivity index (χ2v) is 5.52. The number of benzene rings is 1. The first-order valence-corrected chi connectivity index (χ1v) is 7.41. The lowest BCUT2D eigenvalue weighted by atomic mass is 10.1. The van der Waals surface area contributed by atoms with Crippen LogP contribution in [0.15, 0.2) is 23.1 Å². The van der Waals surface area contributed by atoms with Crippen LogP contribution in [-0.4, -0.2) is 39.4 Å². The summed E-state index contributed by atoms with van der Waals surface area (Å²) >= 11 is 0. The van der Waals surface area contributed by atoms with Gasteiger partial charge < -0.3 is 9.64 Å². The van der Waals surface area contributed by atoms with Crippen LogP contribution in [-0.2, 0) is 10.0 Å². The summed E-state index contributed by atoms with van der Waals surface area (Å²) in [6.07, 6.45) is 0. The van der Waals surface area contributed by atoms with Crippen molar-refractivity contribution in [2.24, 2.45) is 5.14 Å². The van der Waals surface area contributed by atoms with E-state index in [1.165, 1.54) is 23.1 Å². The lowest BCUT2D eigenvalue weighted by Gasteiger charge is -2.17. The summed E-state index contributed by atoms with van der Waals surface area (Å²) in [6, 6.07) is 4.01. The normalized spacial score (nSPS) is 11.2. The van der Waals surface area contributed by atoms with Gasteiger partial charge in [-0.05, 0) is 32.0 Å². The summed E-state index contributed by atoms with van der Waals surface area (Å²) in [5, 5.41) is 5.06. The molecule has 0 fully saturated rings. The first kappa shape index (κ1) is 15.5. The number of rotatable bonds is 5. The predicted molar refractivity (Wildman–Crippen MR) is 71.6 cm³/mol. The highest BCUT2D eigenvalue weighted by atomic mass is 32.2. The highest BCUT2D eigenvalue weighted by molar-refractivity contribution is 7.89. The van der Waals surface area contributed by atoms with Crippen LogP contribution in [0.3, 0.4) is 0 Å². The molecular weight excluding hydrogens is 268 g/mol. The number of ether oxygens (including phenoxy) is 1. The van der Waals surface area contributed by atoms with Crippen molar-refractivity contribution in [3.63, 3.8) is 0 Å². The molecule has 0 saturated carbocycles. The van der Waals surface area contributed by atoms with Gasteiger partial charge in [-0.1, -0.05) is 0 Å². The third kappa shape index (κ3) is 3.68. The monoisotopic (exact) mass is 286 g/mol. The Hall–Kier alpha value is -1.60.